The molecule has 10 nitrogen and oxygen atoms in total. The van der Waals surface area contributed by atoms with Crippen molar-refractivity contribution in [1.82, 2.24) is 10.6 Å². The second-order valence-corrected chi connectivity index (χ2v) is 7.24. The summed E-state index contributed by atoms with van der Waals surface area (Å²) < 4.78 is 5.13. The van der Waals surface area contributed by atoms with Crippen molar-refractivity contribution < 1.29 is 19.1 Å². The monoisotopic (exact) mass is 402 g/mol. The number of carbonyl (C=O) groups excluding carboxylic acids is 3. The molecule has 0 aliphatic rings. The van der Waals surface area contributed by atoms with Crippen molar-refractivity contribution in [1.29, 1.82) is 5.41 Å². The predicted octanol–water partition coefficient (Wildman–Crippen LogP) is 3.64. The standard InChI is InChI=1S/C19H26N6O4/c1-19(2,3)29-18(28)22-10-5-4-9-15(16(26)12-20)23-17(27)13-7-6-8-14(11-13)24-25-21/h6-8,11-12,15,20H,4-5,9-10H2,1-3H3,(H,22,28)(H,23,27)/t15-/m0/s1. The lowest BCUT2D eigenvalue weighted by Crippen LogP contribution is -2.41. The maximum Gasteiger partial charge on any atom is 0.407 e. The number of azide groups is 1. The van der Waals surface area contributed by atoms with E-state index < -0.39 is 29.4 Å². The first kappa shape index (κ1) is 23.6. The van der Waals surface area contributed by atoms with Crippen LogP contribution in [-0.4, -0.2) is 42.2 Å². The lowest BCUT2D eigenvalue weighted by atomic mass is 10.0. The number of benzene rings is 1. The molecule has 1 rings (SSSR count). The van der Waals surface area contributed by atoms with Gasteiger partial charge < -0.3 is 20.8 Å². The van der Waals surface area contributed by atoms with Gasteiger partial charge in [-0.3, -0.25) is 9.59 Å². The maximum absolute atomic E-state index is 12.4. The Kier molecular flexibility index (Phi) is 9.34. The molecule has 3 N–H and O–H groups in total. The highest BCUT2D eigenvalue weighted by Gasteiger charge is 2.20. The number of ketones is 1. The summed E-state index contributed by atoms with van der Waals surface area (Å²) in [6, 6.07) is 5.20. The van der Waals surface area contributed by atoms with Gasteiger partial charge in [0.15, 0.2) is 5.78 Å². The van der Waals surface area contributed by atoms with Crippen LogP contribution in [-0.2, 0) is 9.53 Å². The van der Waals surface area contributed by atoms with Crippen LogP contribution in [0.3, 0.4) is 0 Å². The molecule has 1 atom stereocenters. The summed E-state index contributed by atoms with van der Waals surface area (Å²) in [4.78, 5) is 38.6. The maximum atomic E-state index is 12.4. The van der Waals surface area contributed by atoms with E-state index in [2.05, 4.69) is 20.7 Å². The molecule has 0 aliphatic heterocycles. The normalized spacial score (nSPS) is 11.6. The lowest BCUT2D eigenvalue weighted by molar-refractivity contribution is -0.114. The summed E-state index contributed by atoms with van der Waals surface area (Å²) in [5.74, 6) is -1.03. The highest BCUT2D eigenvalue weighted by molar-refractivity contribution is 6.29. The molecule has 1 aromatic rings. The van der Waals surface area contributed by atoms with Crippen LogP contribution in [0.1, 0.15) is 50.4 Å². The minimum atomic E-state index is -0.857. The fourth-order valence-corrected chi connectivity index (χ4v) is 2.37. The quantitative estimate of drug-likeness (QED) is 0.179. The summed E-state index contributed by atoms with van der Waals surface area (Å²) in [7, 11) is 0. The third kappa shape index (κ3) is 9.39. The third-order valence-corrected chi connectivity index (χ3v) is 3.65. The number of Topliss-reactive ketones (excluding diaryl/α,β-unsaturated/α-hetero) is 1. The van der Waals surface area contributed by atoms with E-state index in [1.54, 1.807) is 32.9 Å². The molecule has 0 saturated carbocycles. The van der Waals surface area contributed by atoms with Crippen LogP contribution < -0.4 is 10.6 Å². The van der Waals surface area contributed by atoms with Gasteiger partial charge in [-0.1, -0.05) is 17.2 Å². The summed E-state index contributed by atoms with van der Waals surface area (Å²) in [6.45, 7) is 5.67. The van der Waals surface area contributed by atoms with Gasteiger partial charge in [-0.2, -0.15) is 0 Å². The minimum Gasteiger partial charge on any atom is -0.444 e. The zero-order valence-corrected chi connectivity index (χ0v) is 16.8. The number of rotatable bonds is 10. The van der Waals surface area contributed by atoms with E-state index in [0.717, 1.165) is 0 Å². The van der Waals surface area contributed by atoms with Crippen molar-refractivity contribution in [2.75, 3.05) is 6.54 Å². The molecule has 10 heteroatoms. The first-order valence-electron chi connectivity index (χ1n) is 9.13. The summed E-state index contributed by atoms with van der Waals surface area (Å²) >= 11 is 0. The lowest BCUT2D eigenvalue weighted by Gasteiger charge is -2.20. The molecule has 0 fully saturated rings. The molecule has 0 saturated heterocycles. The molecule has 0 heterocycles. The second-order valence-electron chi connectivity index (χ2n) is 7.24. The number of nitrogens with one attached hydrogen (secondary N) is 3. The van der Waals surface area contributed by atoms with Crippen molar-refractivity contribution in [3.05, 3.63) is 40.3 Å². The Morgan fingerprint density at radius 3 is 2.66 bits per heavy atom. The largest absolute Gasteiger partial charge is 0.444 e. The fourth-order valence-electron chi connectivity index (χ4n) is 2.37. The Bertz CT molecular complexity index is 796. The van der Waals surface area contributed by atoms with Crippen LogP contribution in [0.15, 0.2) is 29.4 Å². The number of amides is 2. The first-order valence-corrected chi connectivity index (χ1v) is 9.13. The van der Waals surface area contributed by atoms with Gasteiger partial charge in [-0.05, 0) is 57.7 Å². The molecule has 156 valence electrons. The van der Waals surface area contributed by atoms with Gasteiger partial charge in [0.2, 0.25) is 0 Å². The van der Waals surface area contributed by atoms with Crippen LogP contribution in [0.5, 0.6) is 0 Å². The van der Waals surface area contributed by atoms with Gasteiger partial charge in [0.1, 0.15) is 5.60 Å². The van der Waals surface area contributed by atoms with Crippen molar-refractivity contribution in [2.45, 2.75) is 51.7 Å². The van der Waals surface area contributed by atoms with Gasteiger partial charge in [-0.15, -0.1) is 0 Å². The van der Waals surface area contributed by atoms with E-state index in [1.807, 2.05) is 0 Å². The molecule has 0 aliphatic carbocycles. The van der Waals surface area contributed by atoms with E-state index in [4.69, 9.17) is 15.7 Å². The summed E-state index contributed by atoms with van der Waals surface area (Å²) in [5.41, 5.74) is 8.43. The Morgan fingerprint density at radius 2 is 2.03 bits per heavy atom. The van der Waals surface area contributed by atoms with Gasteiger partial charge in [0.05, 0.1) is 12.3 Å². The molecule has 0 aromatic heterocycles. The highest BCUT2D eigenvalue weighted by Crippen LogP contribution is 2.15. The molecule has 0 bridgehead atoms. The summed E-state index contributed by atoms with van der Waals surface area (Å²) in [5, 5.41) is 15.8. The fraction of sp³-hybridized carbons (Fsp3) is 0.474. The second kappa shape index (κ2) is 11.5. The average molecular weight is 402 g/mol. The minimum absolute atomic E-state index is 0.240. The van der Waals surface area contributed by atoms with Crippen LogP contribution >= 0.6 is 0 Å². The first-order chi connectivity index (χ1) is 13.7. The van der Waals surface area contributed by atoms with E-state index in [9.17, 15) is 14.4 Å². The number of alkyl carbamates (subject to hydrolysis) is 1. The van der Waals surface area contributed by atoms with E-state index in [0.29, 0.717) is 32.0 Å². The number of ether oxygens (including phenoxy) is 1. The average Bonchev–Trinajstić information content (AvgIpc) is 2.65. The third-order valence-electron chi connectivity index (χ3n) is 3.65. The Balaban J connectivity index is 2.56. The van der Waals surface area contributed by atoms with Crippen LogP contribution in [0.2, 0.25) is 0 Å². The molecule has 2 amide bonds. The van der Waals surface area contributed by atoms with Crippen molar-refractivity contribution >= 4 is 29.7 Å². The molecular formula is C19H26N6O4. The Labute approximate surface area is 169 Å². The van der Waals surface area contributed by atoms with Gasteiger partial charge in [0, 0.05) is 22.7 Å². The highest BCUT2D eigenvalue weighted by atomic mass is 16.6. The van der Waals surface area contributed by atoms with Crippen molar-refractivity contribution in [2.24, 2.45) is 5.11 Å². The zero-order chi connectivity index (χ0) is 21.9. The molecule has 1 aromatic carbocycles. The van der Waals surface area contributed by atoms with Gasteiger partial charge in [0.25, 0.3) is 5.91 Å². The van der Waals surface area contributed by atoms with Crippen molar-refractivity contribution in [3.8, 4) is 0 Å². The summed E-state index contributed by atoms with van der Waals surface area (Å²) in [6.07, 6.45) is 1.58. The SMILES string of the molecule is CC(C)(C)OC(=O)NCCCC[C@H](NC(=O)c1cccc(N=[N+]=[N-])c1)C(=O)C=N. The number of carbonyl (C=O) groups is 3. The predicted molar refractivity (Wildman–Crippen MR) is 108 cm³/mol. The molecular weight excluding hydrogens is 376 g/mol. The van der Waals surface area contributed by atoms with Crippen LogP contribution in [0.25, 0.3) is 10.4 Å². The number of nitrogens with zero attached hydrogens (tertiary/aromatic N) is 3. The Hall–Kier alpha value is -3.39. The molecule has 0 spiro atoms. The van der Waals surface area contributed by atoms with E-state index in [-0.39, 0.29) is 11.3 Å². The van der Waals surface area contributed by atoms with E-state index in [1.165, 1.54) is 12.1 Å². The topological polar surface area (TPSA) is 157 Å². The number of unbranched alkanes of at least 4 members (excludes halogenated alkanes) is 1. The molecule has 29 heavy (non-hydrogen) atoms. The van der Waals surface area contributed by atoms with Crippen LogP contribution in [0.4, 0.5) is 10.5 Å². The molecule has 0 radical (unpaired) electrons. The number of hydrogen-bond donors (Lipinski definition) is 3. The molecule has 0 unspecified atom stereocenters. The Morgan fingerprint density at radius 1 is 1.31 bits per heavy atom. The zero-order valence-electron chi connectivity index (χ0n) is 16.8. The van der Waals surface area contributed by atoms with Gasteiger partial charge in [-0.25, -0.2) is 4.79 Å². The van der Waals surface area contributed by atoms with Gasteiger partial charge >= 0.3 is 6.09 Å². The van der Waals surface area contributed by atoms with Crippen molar-refractivity contribution in [3.63, 3.8) is 0 Å². The van der Waals surface area contributed by atoms with E-state index >= 15 is 0 Å². The number of hydrogen-bond acceptors (Lipinski definition) is 6. The van der Waals surface area contributed by atoms with Crippen LogP contribution in [0, 0.1) is 5.41 Å². The smallest absolute Gasteiger partial charge is 0.407 e.